The smallest absolute Gasteiger partial charge is 0.318 e. The Labute approximate surface area is 162 Å². The molecule has 9 heteroatoms. The molecule has 2 amide bonds. The number of fused-ring (bicyclic) bond motifs is 1. The Morgan fingerprint density at radius 2 is 2.14 bits per heavy atom. The van der Waals surface area contributed by atoms with Crippen molar-refractivity contribution in [2.45, 2.75) is 39.6 Å². The van der Waals surface area contributed by atoms with E-state index >= 15 is 0 Å². The molecule has 9 nitrogen and oxygen atoms in total. The van der Waals surface area contributed by atoms with Gasteiger partial charge in [0.15, 0.2) is 0 Å². The zero-order valence-electron chi connectivity index (χ0n) is 15.6. The number of hydrogen-bond acceptors (Lipinski definition) is 6. The predicted molar refractivity (Wildman–Crippen MR) is 99.9 cm³/mol. The molecule has 0 aliphatic carbocycles. The first-order chi connectivity index (χ1) is 13.7. The molecule has 0 bridgehead atoms. The number of aliphatic hydroxyl groups is 1. The van der Waals surface area contributed by atoms with Crippen LogP contribution in [0.15, 0.2) is 34.9 Å². The second kappa shape index (κ2) is 7.81. The van der Waals surface area contributed by atoms with Crippen LogP contribution < -0.4 is 5.32 Å². The van der Waals surface area contributed by atoms with Crippen LogP contribution in [-0.2, 0) is 32.7 Å². The van der Waals surface area contributed by atoms with E-state index in [0.29, 0.717) is 36.9 Å². The van der Waals surface area contributed by atoms with Gasteiger partial charge in [-0.3, -0.25) is 4.68 Å². The highest BCUT2D eigenvalue weighted by molar-refractivity contribution is 5.74. The molecule has 146 valence electrons. The van der Waals surface area contributed by atoms with Gasteiger partial charge in [-0.15, -0.1) is 0 Å². The highest BCUT2D eigenvalue weighted by Crippen LogP contribution is 2.23. The number of hydrogen-bond donors (Lipinski definition) is 2. The van der Waals surface area contributed by atoms with Crippen LogP contribution in [0, 0.1) is 0 Å². The fourth-order valence-electron chi connectivity index (χ4n) is 3.42. The van der Waals surface area contributed by atoms with Crippen molar-refractivity contribution in [3.8, 4) is 11.4 Å². The number of aromatic nitrogens is 4. The predicted octanol–water partition coefficient (Wildman–Crippen LogP) is 1.71. The van der Waals surface area contributed by atoms with Crippen molar-refractivity contribution < 1.29 is 14.4 Å². The number of nitrogens with zero attached hydrogens (tertiary/aromatic N) is 5. The average molecular weight is 382 g/mol. The highest BCUT2D eigenvalue weighted by Gasteiger charge is 2.27. The lowest BCUT2D eigenvalue weighted by atomic mass is 10.1. The zero-order valence-corrected chi connectivity index (χ0v) is 15.6. The summed E-state index contributed by atoms with van der Waals surface area (Å²) in [6.07, 6.45) is 0.711. The lowest BCUT2D eigenvalue weighted by molar-refractivity contribution is 0.189. The number of rotatable bonds is 5. The topological polar surface area (TPSA) is 109 Å². The normalized spacial score (nSPS) is 13.4. The molecule has 28 heavy (non-hydrogen) atoms. The van der Waals surface area contributed by atoms with Crippen LogP contribution in [0.5, 0.6) is 0 Å². The first-order valence-corrected chi connectivity index (χ1v) is 9.28. The van der Waals surface area contributed by atoms with Gasteiger partial charge in [0.1, 0.15) is 0 Å². The second-order valence-electron chi connectivity index (χ2n) is 6.55. The summed E-state index contributed by atoms with van der Waals surface area (Å²) >= 11 is 0. The molecular formula is C19H22N6O3. The van der Waals surface area contributed by atoms with E-state index in [2.05, 4.69) is 20.6 Å². The minimum Gasteiger partial charge on any atom is -0.390 e. The molecule has 1 aliphatic heterocycles. The summed E-state index contributed by atoms with van der Waals surface area (Å²) in [5.41, 5.74) is 3.53. The van der Waals surface area contributed by atoms with E-state index in [-0.39, 0.29) is 19.2 Å². The summed E-state index contributed by atoms with van der Waals surface area (Å²) in [4.78, 5) is 18.6. The summed E-state index contributed by atoms with van der Waals surface area (Å²) < 4.78 is 7.13. The van der Waals surface area contributed by atoms with Gasteiger partial charge in [-0.25, -0.2) is 4.79 Å². The van der Waals surface area contributed by atoms with Gasteiger partial charge in [0.05, 0.1) is 25.4 Å². The molecule has 0 saturated carbocycles. The molecule has 3 heterocycles. The highest BCUT2D eigenvalue weighted by atomic mass is 16.5. The summed E-state index contributed by atoms with van der Waals surface area (Å²) in [5.74, 6) is 0.840. The number of carbonyl (C=O) groups excluding carboxylic acids is 1. The third kappa shape index (κ3) is 3.48. The lowest BCUT2D eigenvalue weighted by Gasteiger charge is -2.27. The van der Waals surface area contributed by atoms with E-state index < -0.39 is 0 Å². The van der Waals surface area contributed by atoms with Crippen molar-refractivity contribution in [3.05, 3.63) is 53.2 Å². The fraction of sp³-hybridized carbons (Fsp3) is 0.368. The molecule has 0 fully saturated rings. The molecule has 0 spiro atoms. The number of aliphatic hydroxyl groups excluding tert-OH is 1. The Hall–Kier alpha value is -3.20. The fourth-order valence-corrected chi connectivity index (χ4v) is 3.42. The van der Waals surface area contributed by atoms with Crippen LogP contribution >= 0.6 is 0 Å². The standard InChI is InChI=1S/C19H22N6O3/c1-2-25-16-8-9-24(11-14(16)15(12-26)22-25)19(27)20-10-17-21-18(23-28-17)13-6-4-3-5-7-13/h3-7,26H,2,8-12H2,1H3,(H,20,27). The van der Waals surface area contributed by atoms with E-state index in [1.807, 2.05) is 41.9 Å². The maximum Gasteiger partial charge on any atom is 0.318 e. The molecule has 1 aliphatic rings. The van der Waals surface area contributed by atoms with E-state index in [9.17, 15) is 9.90 Å². The van der Waals surface area contributed by atoms with Gasteiger partial charge in [-0.05, 0) is 6.92 Å². The van der Waals surface area contributed by atoms with Gasteiger partial charge in [0.25, 0.3) is 0 Å². The van der Waals surface area contributed by atoms with Crippen LogP contribution in [0.25, 0.3) is 11.4 Å². The van der Waals surface area contributed by atoms with Gasteiger partial charge < -0.3 is 19.8 Å². The summed E-state index contributed by atoms with van der Waals surface area (Å²) in [5, 5.41) is 20.8. The van der Waals surface area contributed by atoms with Gasteiger partial charge in [-0.2, -0.15) is 10.1 Å². The molecule has 2 aromatic heterocycles. The van der Waals surface area contributed by atoms with Crippen molar-refractivity contribution in [1.82, 2.24) is 30.1 Å². The van der Waals surface area contributed by atoms with E-state index in [0.717, 1.165) is 23.4 Å². The first-order valence-electron chi connectivity index (χ1n) is 9.28. The van der Waals surface area contributed by atoms with Crippen LogP contribution in [0.2, 0.25) is 0 Å². The van der Waals surface area contributed by atoms with E-state index in [1.165, 1.54) is 0 Å². The monoisotopic (exact) mass is 382 g/mol. The van der Waals surface area contributed by atoms with Crippen LogP contribution in [0.3, 0.4) is 0 Å². The molecule has 4 rings (SSSR count). The zero-order chi connectivity index (χ0) is 19.5. The Balaban J connectivity index is 1.39. The Morgan fingerprint density at radius 3 is 2.89 bits per heavy atom. The first kappa shape index (κ1) is 18.2. The summed E-state index contributed by atoms with van der Waals surface area (Å²) in [6.45, 7) is 3.81. The quantitative estimate of drug-likeness (QED) is 0.695. The maximum absolute atomic E-state index is 12.6. The number of urea groups is 1. The van der Waals surface area contributed by atoms with Crippen molar-refractivity contribution >= 4 is 6.03 Å². The van der Waals surface area contributed by atoms with Crippen molar-refractivity contribution in [2.75, 3.05) is 6.54 Å². The Bertz CT molecular complexity index is 965. The van der Waals surface area contributed by atoms with E-state index in [4.69, 9.17) is 4.52 Å². The SMILES string of the molecule is CCn1nc(CO)c2c1CCN(C(=O)NCc1nc(-c3ccccc3)no1)C2. The summed E-state index contributed by atoms with van der Waals surface area (Å²) in [6, 6.07) is 9.30. The van der Waals surface area contributed by atoms with Crippen molar-refractivity contribution in [3.63, 3.8) is 0 Å². The van der Waals surface area contributed by atoms with Gasteiger partial charge in [0, 0.05) is 36.3 Å². The van der Waals surface area contributed by atoms with Crippen LogP contribution in [0.1, 0.15) is 29.8 Å². The molecule has 2 N–H and O–H groups in total. The number of nitrogens with one attached hydrogen (secondary N) is 1. The van der Waals surface area contributed by atoms with Gasteiger partial charge >= 0.3 is 6.03 Å². The number of amides is 2. The minimum absolute atomic E-state index is 0.130. The minimum atomic E-state index is -0.210. The molecule has 0 atom stereocenters. The largest absolute Gasteiger partial charge is 0.390 e. The molecule has 0 saturated heterocycles. The van der Waals surface area contributed by atoms with Gasteiger partial charge in [0.2, 0.25) is 11.7 Å². The van der Waals surface area contributed by atoms with Crippen molar-refractivity contribution in [2.24, 2.45) is 0 Å². The summed E-state index contributed by atoms with van der Waals surface area (Å²) in [7, 11) is 0. The molecule has 0 unspecified atom stereocenters. The van der Waals surface area contributed by atoms with Crippen LogP contribution in [0.4, 0.5) is 4.79 Å². The molecule has 1 aromatic carbocycles. The van der Waals surface area contributed by atoms with Crippen LogP contribution in [-0.4, -0.2) is 42.5 Å². The van der Waals surface area contributed by atoms with E-state index in [1.54, 1.807) is 4.90 Å². The number of aryl methyl sites for hydroxylation is 1. The molecular weight excluding hydrogens is 360 g/mol. The Kier molecular flexibility index (Phi) is 5.07. The lowest BCUT2D eigenvalue weighted by Crippen LogP contribution is -2.42. The number of benzene rings is 1. The molecule has 0 radical (unpaired) electrons. The average Bonchev–Trinajstić information content (AvgIpc) is 3.36. The third-order valence-electron chi connectivity index (χ3n) is 4.84. The Morgan fingerprint density at radius 1 is 1.32 bits per heavy atom. The van der Waals surface area contributed by atoms with Gasteiger partial charge in [-0.1, -0.05) is 35.5 Å². The maximum atomic E-state index is 12.6. The van der Waals surface area contributed by atoms with Crippen molar-refractivity contribution in [1.29, 1.82) is 0 Å². The number of carbonyl (C=O) groups is 1. The molecule has 3 aromatic rings. The third-order valence-corrected chi connectivity index (χ3v) is 4.84. The second-order valence-corrected chi connectivity index (χ2v) is 6.55.